The van der Waals surface area contributed by atoms with E-state index in [1.165, 1.54) is 11.8 Å². The summed E-state index contributed by atoms with van der Waals surface area (Å²) in [6, 6.07) is 11.0. The molecule has 0 amide bonds. The van der Waals surface area contributed by atoms with Crippen LogP contribution in [0, 0.1) is 0 Å². The van der Waals surface area contributed by atoms with E-state index in [0.717, 1.165) is 22.4 Å². The number of thiophene rings is 1. The van der Waals surface area contributed by atoms with Crippen molar-refractivity contribution in [1.82, 2.24) is 14.8 Å². The number of hydrogen-bond acceptors (Lipinski definition) is 7. The third-order valence-corrected chi connectivity index (χ3v) is 6.10. The molecule has 3 aromatic rings. The summed E-state index contributed by atoms with van der Waals surface area (Å²) in [6.45, 7) is 4.82. The van der Waals surface area contributed by atoms with Crippen LogP contribution in [-0.2, 0) is 6.54 Å². The highest BCUT2D eigenvalue weighted by atomic mass is 32.2. The van der Waals surface area contributed by atoms with Gasteiger partial charge in [0.15, 0.2) is 16.8 Å². The van der Waals surface area contributed by atoms with Gasteiger partial charge in [0, 0.05) is 24.3 Å². The van der Waals surface area contributed by atoms with Gasteiger partial charge in [0.05, 0.1) is 11.0 Å². The van der Waals surface area contributed by atoms with Gasteiger partial charge in [-0.05, 0) is 42.6 Å². The number of aliphatic hydroxyl groups excluding tert-OH is 1. The Morgan fingerprint density at radius 3 is 2.68 bits per heavy atom. The first-order chi connectivity index (χ1) is 13.6. The Hall–Kier alpha value is -2.16. The molecule has 2 heterocycles. The van der Waals surface area contributed by atoms with Gasteiger partial charge in [-0.1, -0.05) is 24.8 Å². The van der Waals surface area contributed by atoms with E-state index >= 15 is 0 Å². The number of thioether (sulfide) groups is 1. The van der Waals surface area contributed by atoms with Gasteiger partial charge in [-0.25, -0.2) is 0 Å². The molecule has 0 radical (unpaired) electrons. The molecule has 0 bridgehead atoms. The van der Waals surface area contributed by atoms with E-state index < -0.39 is 6.10 Å². The smallest absolute Gasteiger partial charge is 0.191 e. The fraction of sp³-hybridized carbons (Fsp3) is 0.350. The van der Waals surface area contributed by atoms with E-state index in [1.807, 2.05) is 29.0 Å². The Bertz CT molecular complexity index is 892. The minimum absolute atomic E-state index is 0.102. The largest absolute Gasteiger partial charge is 0.491 e. The lowest BCUT2D eigenvalue weighted by Crippen LogP contribution is -2.20. The molecule has 28 heavy (non-hydrogen) atoms. The van der Waals surface area contributed by atoms with Crippen LogP contribution in [-0.4, -0.2) is 44.1 Å². The second kappa shape index (κ2) is 9.86. The summed E-state index contributed by atoms with van der Waals surface area (Å²) >= 11 is 3.09. The Balaban J connectivity index is 1.52. The summed E-state index contributed by atoms with van der Waals surface area (Å²) in [5.41, 5.74) is 0.673. The number of ketones is 1. The van der Waals surface area contributed by atoms with Crippen molar-refractivity contribution >= 4 is 28.9 Å². The topological polar surface area (TPSA) is 77.2 Å². The first kappa shape index (κ1) is 20.6. The van der Waals surface area contributed by atoms with Gasteiger partial charge >= 0.3 is 0 Å². The number of Topliss-reactive ketones (excluding diaryl/α,β-unsaturated/α-hetero) is 1. The molecule has 3 rings (SSSR count). The number of nitrogens with zero attached hydrogens (tertiary/aromatic N) is 3. The average Bonchev–Trinajstić information content (AvgIpc) is 3.39. The molecular weight excluding hydrogens is 394 g/mol. The van der Waals surface area contributed by atoms with Gasteiger partial charge < -0.3 is 14.4 Å². The lowest BCUT2D eigenvalue weighted by Gasteiger charge is -2.12. The van der Waals surface area contributed by atoms with E-state index in [2.05, 4.69) is 17.1 Å². The van der Waals surface area contributed by atoms with Crippen LogP contribution in [0.2, 0.25) is 0 Å². The summed E-state index contributed by atoms with van der Waals surface area (Å²) in [5.74, 6) is 2.04. The van der Waals surface area contributed by atoms with Gasteiger partial charge in [0.25, 0.3) is 0 Å². The summed E-state index contributed by atoms with van der Waals surface area (Å²) in [6.07, 6.45) is -0.165. The van der Waals surface area contributed by atoms with Crippen LogP contribution >= 0.6 is 23.1 Å². The number of carbonyl (C=O) groups is 1. The van der Waals surface area contributed by atoms with Crippen LogP contribution in [0.4, 0.5) is 0 Å². The molecule has 6 nitrogen and oxygen atoms in total. The number of aromatic nitrogens is 3. The molecule has 2 aromatic heterocycles. The Kier molecular flexibility index (Phi) is 7.24. The van der Waals surface area contributed by atoms with Crippen LogP contribution < -0.4 is 4.74 Å². The molecule has 0 aliphatic carbocycles. The molecule has 0 saturated carbocycles. The zero-order valence-electron chi connectivity index (χ0n) is 15.9. The molecular formula is C20H23N3O3S2. The number of rotatable bonds is 10. The fourth-order valence-corrected chi connectivity index (χ4v) is 4.25. The number of hydrogen-bond donors (Lipinski definition) is 1. The normalized spacial score (nSPS) is 12.1. The van der Waals surface area contributed by atoms with Crippen LogP contribution in [0.1, 0.15) is 30.6 Å². The van der Waals surface area contributed by atoms with Crippen LogP contribution in [0.5, 0.6) is 5.75 Å². The molecule has 0 saturated heterocycles. The van der Waals surface area contributed by atoms with E-state index in [4.69, 9.17) is 4.74 Å². The summed E-state index contributed by atoms with van der Waals surface area (Å²) < 4.78 is 7.68. The van der Waals surface area contributed by atoms with Crippen molar-refractivity contribution in [3.8, 4) is 16.5 Å². The van der Waals surface area contributed by atoms with Crippen molar-refractivity contribution in [2.24, 2.45) is 0 Å². The molecule has 148 valence electrons. The standard InChI is InChI=1S/C20H23N3O3S2/c1-3-17(25)14-7-9-16(10-8-14)26-12-15(24)13-28-20-22-21-19(23(20)4-2)18-6-5-11-27-18/h5-11,15,24H,3-4,12-13H2,1-2H3/t15-/m0/s1. The maximum Gasteiger partial charge on any atom is 0.191 e. The summed E-state index contributed by atoms with van der Waals surface area (Å²) in [7, 11) is 0. The van der Waals surface area contributed by atoms with E-state index in [-0.39, 0.29) is 12.4 Å². The second-order valence-electron chi connectivity index (χ2n) is 6.10. The highest BCUT2D eigenvalue weighted by Gasteiger charge is 2.16. The lowest BCUT2D eigenvalue weighted by atomic mass is 10.1. The molecule has 0 fully saturated rings. The highest BCUT2D eigenvalue weighted by molar-refractivity contribution is 7.99. The second-order valence-corrected chi connectivity index (χ2v) is 8.04. The highest BCUT2D eigenvalue weighted by Crippen LogP contribution is 2.27. The molecule has 1 aromatic carbocycles. The SMILES string of the molecule is CCC(=O)c1ccc(OC[C@H](O)CSc2nnc(-c3cccs3)n2CC)cc1. The Labute approximate surface area is 172 Å². The summed E-state index contributed by atoms with van der Waals surface area (Å²) in [4.78, 5) is 12.7. The van der Waals surface area contributed by atoms with Crippen molar-refractivity contribution in [2.75, 3.05) is 12.4 Å². The minimum atomic E-state index is -0.644. The molecule has 1 atom stereocenters. The molecule has 0 unspecified atom stereocenters. The Morgan fingerprint density at radius 2 is 2.04 bits per heavy atom. The number of benzene rings is 1. The molecule has 0 spiro atoms. The number of aliphatic hydroxyl groups is 1. The monoisotopic (exact) mass is 417 g/mol. The van der Waals surface area contributed by atoms with Crippen molar-refractivity contribution in [3.63, 3.8) is 0 Å². The van der Waals surface area contributed by atoms with Crippen LogP contribution in [0.15, 0.2) is 46.9 Å². The number of carbonyl (C=O) groups excluding carboxylic acids is 1. The first-order valence-corrected chi connectivity index (χ1v) is 11.0. The van der Waals surface area contributed by atoms with Crippen LogP contribution in [0.25, 0.3) is 10.7 Å². The third kappa shape index (κ3) is 5.01. The van der Waals surface area contributed by atoms with Crippen molar-refractivity contribution in [3.05, 3.63) is 47.3 Å². The van der Waals surface area contributed by atoms with Gasteiger partial charge in [-0.2, -0.15) is 0 Å². The molecule has 0 aliphatic heterocycles. The minimum Gasteiger partial charge on any atom is -0.491 e. The van der Waals surface area contributed by atoms with Gasteiger partial charge in [0.1, 0.15) is 12.4 Å². The predicted molar refractivity (Wildman–Crippen MR) is 112 cm³/mol. The van der Waals surface area contributed by atoms with E-state index in [1.54, 1.807) is 35.6 Å². The van der Waals surface area contributed by atoms with E-state index in [0.29, 0.717) is 23.5 Å². The molecule has 0 aliphatic rings. The fourth-order valence-electron chi connectivity index (χ4n) is 2.62. The lowest BCUT2D eigenvalue weighted by molar-refractivity contribution is 0.0987. The maximum absolute atomic E-state index is 11.6. The van der Waals surface area contributed by atoms with E-state index in [9.17, 15) is 9.90 Å². The van der Waals surface area contributed by atoms with Gasteiger partial charge in [-0.3, -0.25) is 4.79 Å². The van der Waals surface area contributed by atoms with Crippen molar-refractivity contribution in [2.45, 2.75) is 38.1 Å². The quantitative estimate of drug-likeness (QED) is 0.394. The predicted octanol–water partition coefficient (Wildman–Crippen LogP) is 4.15. The molecule has 1 N–H and O–H groups in total. The zero-order valence-corrected chi connectivity index (χ0v) is 17.5. The average molecular weight is 418 g/mol. The molecule has 8 heteroatoms. The van der Waals surface area contributed by atoms with Gasteiger partial charge in [-0.15, -0.1) is 21.5 Å². The third-order valence-electron chi connectivity index (χ3n) is 4.12. The zero-order chi connectivity index (χ0) is 19.9. The maximum atomic E-state index is 11.6. The Morgan fingerprint density at radius 1 is 1.25 bits per heavy atom. The van der Waals surface area contributed by atoms with Crippen molar-refractivity contribution < 1.29 is 14.6 Å². The van der Waals surface area contributed by atoms with Crippen LogP contribution in [0.3, 0.4) is 0 Å². The first-order valence-electron chi connectivity index (χ1n) is 9.16. The summed E-state index contributed by atoms with van der Waals surface area (Å²) in [5, 5.41) is 21.6. The van der Waals surface area contributed by atoms with Crippen molar-refractivity contribution in [1.29, 1.82) is 0 Å². The number of ether oxygens (including phenoxy) is 1. The van der Waals surface area contributed by atoms with Gasteiger partial charge in [0.2, 0.25) is 0 Å².